The van der Waals surface area contributed by atoms with Crippen LogP contribution in [0.15, 0.2) is 11.6 Å². The molecule has 0 aromatic rings. The van der Waals surface area contributed by atoms with Gasteiger partial charge in [0.25, 0.3) is 0 Å². The number of rotatable bonds is 1. The van der Waals surface area contributed by atoms with Gasteiger partial charge in [-0.1, -0.05) is 11.6 Å². The van der Waals surface area contributed by atoms with Gasteiger partial charge in [-0.2, -0.15) is 0 Å². The smallest absolute Gasteiger partial charge is 0.0625 e. The molecule has 0 aliphatic heterocycles. The summed E-state index contributed by atoms with van der Waals surface area (Å²) < 4.78 is 0. The lowest BCUT2D eigenvalue weighted by atomic mass is 9.83. The van der Waals surface area contributed by atoms with E-state index in [-0.39, 0.29) is 6.61 Å². The third-order valence-electron chi connectivity index (χ3n) is 2.35. The fraction of sp³-hybridized carbons (Fsp3) is 0.778. The summed E-state index contributed by atoms with van der Waals surface area (Å²) in [6, 6.07) is 0. The van der Waals surface area contributed by atoms with E-state index in [0.29, 0.717) is 0 Å². The second-order valence-electron chi connectivity index (χ2n) is 3.54. The normalized spacial score (nSPS) is 32.1. The lowest BCUT2D eigenvalue weighted by molar-refractivity contribution is 0.0326. The quantitative estimate of drug-likeness (QED) is 0.560. The second-order valence-corrected chi connectivity index (χ2v) is 3.54. The van der Waals surface area contributed by atoms with Gasteiger partial charge in [0.1, 0.15) is 0 Å². The first kappa shape index (κ1) is 8.75. The highest BCUT2D eigenvalue weighted by Gasteiger charge is 2.24. The van der Waals surface area contributed by atoms with Crippen LogP contribution in [0.3, 0.4) is 0 Å². The first-order chi connectivity index (χ1) is 5.14. The summed E-state index contributed by atoms with van der Waals surface area (Å²) in [5, 5.41) is 18.2. The van der Waals surface area contributed by atoms with E-state index in [9.17, 15) is 5.11 Å². The number of allylic oxidation sites excluding steroid dienone is 1. The minimum atomic E-state index is -0.465. The fourth-order valence-electron chi connectivity index (χ4n) is 1.44. The number of hydrogen-bond acceptors (Lipinski definition) is 2. The summed E-state index contributed by atoms with van der Waals surface area (Å²) in [5.41, 5.74) is 0.825. The van der Waals surface area contributed by atoms with E-state index in [0.717, 1.165) is 25.7 Å². The average Bonchev–Trinajstić information content (AvgIpc) is 1.94. The summed E-state index contributed by atoms with van der Waals surface area (Å²) >= 11 is 0. The van der Waals surface area contributed by atoms with E-state index in [1.165, 1.54) is 5.57 Å². The lowest BCUT2D eigenvalue weighted by Crippen LogP contribution is -2.27. The topological polar surface area (TPSA) is 40.5 Å². The minimum absolute atomic E-state index is 0.136. The molecule has 1 fully saturated rings. The summed E-state index contributed by atoms with van der Waals surface area (Å²) in [7, 11) is 0. The highest BCUT2D eigenvalue weighted by molar-refractivity contribution is 5.07. The molecule has 1 aliphatic rings. The van der Waals surface area contributed by atoms with Gasteiger partial charge < -0.3 is 10.2 Å². The van der Waals surface area contributed by atoms with Crippen molar-refractivity contribution in [3.63, 3.8) is 0 Å². The van der Waals surface area contributed by atoms with E-state index < -0.39 is 5.60 Å². The Hall–Kier alpha value is -0.340. The molecule has 0 radical (unpaired) electrons. The van der Waals surface area contributed by atoms with Crippen LogP contribution in [0.2, 0.25) is 0 Å². The van der Waals surface area contributed by atoms with Crippen molar-refractivity contribution >= 4 is 0 Å². The lowest BCUT2D eigenvalue weighted by Gasteiger charge is -2.29. The van der Waals surface area contributed by atoms with Crippen molar-refractivity contribution < 1.29 is 10.2 Å². The molecule has 2 heteroatoms. The van der Waals surface area contributed by atoms with Crippen molar-refractivity contribution in [2.24, 2.45) is 0 Å². The van der Waals surface area contributed by atoms with Crippen LogP contribution in [0.5, 0.6) is 0 Å². The predicted octanol–water partition coefficient (Wildman–Crippen LogP) is 1.23. The maximum Gasteiger partial charge on any atom is 0.0625 e. The summed E-state index contributed by atoms with van der Waals surface area (Å²) in [6.45, 7) is 2.01. The van der Waals surface area contributed by atoms with Crippen LogP contribution >= 0.6 is 0 Å². The van der Waals surface area contributed by atoms with Crippen LogP contribution in [0.1, 0.15) is 32.6 Å². The molecule has 11 heavy (non-hydrogen) atoms. The molecule has 0 aromatic carbocycles. The molecule has 0 unspecified atom stereocenters. The maximum atomic E-state index is 9.57. The van der Waals surface area contributed by atoms with Crippen molar-refractivity contribution in [1.82, 2.24) is 0 Å². The molecule has 1 rings (SSSR count). The molecule has 64 valence electrons. The molecule has 2 N–H and O–H groups in total. The molecule has 0 bridgehead atoms. The predicted molar refractivity (Wildman–Crippen MR) is 44.3 cm³/mol. The van der Waals surface area contributed by atoms with E-state index in [1.54, 1.807) is 0 Å². The van der Waals surface area contributed by atoms with Crippen LogP contribution in [0.4, 0.5) is 0 Å². The maximum absolute atomic E-state index is 9.57. The zero-order valence-corrected chi connectivity index (χ0v) is 7.01. The highest BCUT2D eigenvalue weighted by Crippen LogP contribution is 2.30. The van der Waals surface area contributed by atoms with Gasteiger partial charge in [-0.25, -0.2) is 0 Å². The van der Waals surface area contributed by atoms with E-state index >= 15 is 0 Å². The van der Waals surface area contributed by atoms with Gasteiger partial charge in [0.15, 0.2) is 0 Å². The standard InChI is InChI=1S/C9H16O2/c1-9(11)5-2-8(3-6-9)4-7-10/h4,10-11H,2-3,5-7H2,1H3. The number of hydrogen-bond donors (Lipinski definition) is 2. The van der Waals surface area contributed by atoms with Gasteiger partial charge in [0.05, 0.1) is 12.2 Å². The van der Waals surface area contributed by atoms with Crippen molar-refractivity contribution in [2.45, 2.75) is 38.2 Å². The van der Waals surface area contributed by atoms with Gasteiger partial charge in [-0.15, -0.1) is 0 Å². The Morgan fingerprint density at radius 3 is 2.45 bits per heavy atom. The Labute approximate surface area is 67.6 Å². The number of aliphatic hydroxyl groups is 2. The molecular formula is C9H16O2. The molecule has 0 atom stereocenters. The van der Waals surface area contributed by atoms with Gasteiger partial charge in [0.2, 0.25) is 0 Å². The van der Waals surface area contributed by atoms with Gasteiger partial charge >= 0.3 is 0 Å². The Morgan fingerprint density at radius 2 is 2.00 bits per heavy atom. The van der Waals surface area contributed by atoms with E-state index in [1.807, 2.05) is 13.0 Å². The fourth-order valence-corrected chi connectivity index (χ4v) is 1.44. The summed E-state index contributed by atoms with van der Waals surface area (Å²) in [4.78, 5) is 0. The highest BCUT2D eigenvalue weighted by atomic mass is 16.3. The van der Waals surface area contributed by atoms with Gasteiger partial charge in [0, 0.05) is 0 Å². The molecule has 0 saturated heterocycles. The Bertz CT molecular complexity index is 147. The van der Waals surface area contributed by atoms with E-state index in [2.05, 4.69) is 0 Å². The molecular weight excluding hydrogens is 140 g/mol. The molecule has 0 aromatic heterocycles. The third-order valence-corrected chi connectivity index (χ3v) is 2.35. The van der Waals surface area contributed by atoms with Gasteiger partial charge in [-0.05, 0) is 32.6 Å². The monoisotopic (exact) mass is 156 g/mol. The Morgan fingerprint density at radius 1 is 1.45 bits per heavy atom. The Balaban J connectivity index is 2.42. The molecule has 0 spiro atoms. The van der Waals surface area contributed by atoms with Crippen LogP contribution in [0, 0.1) is 0 Å². The van der Waals surface area contributed by atoms with Crippen molar-refractivity contribution in [3.8, 4) is 0 Å². The van der Waals surface area contributed by atoms with Crippen molar-refractivity contribution in [1.29, 1.82) is 0 Å². The van der Waals surface area contributed by atoms with Crippen LogP contribution in [-0.2, 0) is 0 Å². The average molecular weight is 156 g/mol. The largest absolute Gasteiger partial charge is 0.392 e. The first-order valence-electron chi connectivity index (χ1n) is 4.15. The van der Waals surface area contributed by atoms with Gasteiger partial charge in [-0.3, -0.25) is 0 Å². The molecule has 0 amide bonds. The number of aliphatic hydroxyl groups excluding tert-OH is 1. The first-order valence-corrected chi connectivity index (χ1v) is 4.15. The van der Waals surface area contributed by atoms with Crippen LogP contribution < -0.4 is 0 Å². The minimum Gasteiger partial charge on any atom is -0.392 e. The van der Waals surface area contributed by atoms with E-state index in [4.69, 9.17) is 5.11 Å². The Kier molecular flexibility index (Phi) is 2.68. The molecule has 1 saturated carbocycles. The summed E-state index contributed by atoms with van der Waals surface area (Å²) in [6.07, 6.45) is 5.40. The molecule has 0 heterocycles. The zero-order chi connectivity index (χ0) is 8.32. The van der Waals surface area contributed by atoms with Crippen LogP contribution in [-0.4, -0.2) is 22.4 Å². The van der Waals surface area contributed by atoms with Crippen molar-refractivity contribution in [2.75, 3.05) is 6.61 Å². The second kappa shape index (κ2) is 3.37. The zero-order valence-electron chi connectivity index (χ0n) is 7.01. The van der Waals surface area contributed by atoms with Crippen molar-refractivity contribution in [3.05, 3.63) is 11.6 Å². The SMILES string of the molecule is CC1(O)CCC(=CCO)CC1. The molecule has 2 nitrogen and oxygen atoms in total. The van der Waals surface area contributed by atoms with Crippen LogP contribution in [0.25, 0.3) is 0 Å². The molecule has 1 aliphatic carbocycles. The third kappa shape index (κ3) is 2.64. The summed E-state index contributed by atoms with van der Waals surface area (Å²) in [5.74, 6) is 0.